The van der Waals surface area contributed by atoms with Crippen LogP contribution in [0.2, 0.25) is 0 Å². The van der Waals surface area contributed by atoms with E-state index < -0.39 is 0 Å². The third kappa shape index (κ3) is 1.83. The van der Waals surface area contributed by atoms with E-state index in [1.54, 1.807) is 12.1 Å². The van der Waals surface area contributed by atoms with Crippen molar-refractivity contribution >= 4 is 11.6 Å². The number of benzene rings is 1. The Kier molecular flexibility index (Phi) is 2.82. The first-order valence-electron chi connectivity index (χ1n) is 3.69. The van der Waals surface area contributed by atoms with Gasteiger partial charge in [-0.25, -0.2) is 0 Å². The molecule has 0 saturated heterocycles. The molecule has 3 heteroatoms. The van der Waals surface area contributed by atoms with Crippen molar-refractivity contribution in [3.63, 3.8) is 0 Å². The summed E-state index contributed by atoms with van der Waals surface area (Å²) in [7, 11) is 0. The van der Waals surface area contributed by atoms with E-state index in [9.17, 15) is 4.79 Å². The lowest BCUT2D eigenvalue weighted by atomic mass is 10.3. The topological polar surface area (TPSA) is 40.5 Å². The van der Waals surface area contributed by atoms with Gasteiger partial charge in [0.25, 0.3) is 0 Å². The van der Waals surface area contributed by atoms with E-state index in [1.165, 1.54) is 11.8 Å². The molecule has 0 aliphatic carbocycles. The van der Waals surface area contributed by atoms with Crippen LogP contribution in [0.1, 0.15) is 6.92 Å². The summed E-state index contributed by atoms with van der Waals surface area (Å²) in [5.41, 5.74) is 0.715. The molecule has 0 radical (unpaired) electrons. The molecule has 0 fully saturated rings. The summed E-state index contributed by atoms with van der Waals surface area (Å²) in [5.74, 6) is -0.163. The van der Waals surface area contributed by atoms with Gasteiger partial charge in [-0.2, -0.15) is 0 Å². The fourth-order valence-electron chi connectivity index (χ4n) is 0.971. The van der Waals surface area contributed by atoms with Crippen LogP contribution in [0.5, 0.6) is 0 Å². The summed E-state index contributed by atoms with van der Waals surface area (Å²) < 4.78 is 0. The molecule has 64 valence electrons. The molecule has 0 spiro atoms. The maximum Gasteiger partial charge on any atom is 0.225 e. The highest BCUT2D eigenvalue weighted by molar-refractivity contribution is 5.91. The van der Waals surface area contributed by atoms with Crippen LogP contribution in [0.25, 0.3) is 0 Å². The first-order chi connectivity index (χ1) is 5.75. The van der Waals surface area contributed by atoms with E-state index in [1.807, 2.05) is 18.2 Å². The second kappa shape index (κ2) is 3.88. The third-order valence-electron chi connectivity index (χ3n) is 1.59. The highest BCUT2D eigenvalue weighted by Crippen LogP contribution is 2.11. The number of rotatable bonds is 2. The Morgan fingerprint density at radius 2 is 2.00 bits per heavy atom. The Morgan fingerprint density at radius 3 is 2.42 bits per heavy atom. The second-order valence-corrected chi connectivity index (χ2v) is 2.42. The van der Waals surface area contributed by atoms with E-state index in [0.717, 1.165) is 0 Å². The van der Waals surface area contributed by atoms with Crippen LogP contribution in [-0.2, 0) is 4.79 Å². The van der Waals surface area contributed by atoms with E-state index in [-0.39, 0.29) is 12.6 Å². The van der Waals surface area contributed by atoms with Crippen LogP contribution in [-0.4, -0.2) is 17.7 Å². The lowest BCUT2D eigenvalue weighted by Crippen LogP contribution is -2.28. The predicted octanol–water partition coefficient (Wildman–Crippen LogP) is 0.989. The quantitative estimate of drug-likeness (QED) is 0.664. The molecule has 0 aliphatic heterocycles. The van der Waals surface area contributed by atoms with Gasteiger partial charge in [0.15, 0.2) is 0 Å². The van der Waals surface area contributed by atoms with Gasteiger partial charge in [-0.3, -0.25) is 9.69 Å². The normalized spacial score (nSPS) is 9.50. The van der Waals surface area contributed by atoms with Crippen molar-refractivity contribution in [2.75, 3.05) is 11.6 Å². The Morgan fingerprint density at radius 1 is 1.42 bits per heavy atom. The largest absolute Gasteiger partial charge is 0.376 e. The van der Waals surface area contributed by atoms with E-state index in [0.29, 0.717) is 5.69 Å². The maximum absolute atomic E-state index is 10.9. The number of carbonyl (C=O) groups is 1. The molecule has 0 aliphatic rings. The van der Waals surface area contributed by atoms with Crippen molar-refractivity contribution in [3.05, 3.63) is 30.3 Å². The summed E-state index contributed by atoms with van der Waals surface area (Å²) in [6.07, 6.45) is 0. The van der Waals surface area contributed by atoms with Crippen molar-refractivity contribution in [3.8, 4) is 0 Å². The number of hydrogen-bond donors (Lipinski definition) is 1. The van der Waals surface area contributed by atoms with Gasteiger partial charge in [-0.1, -0.05) is 18.2 Å². The molecule has 0 bridgehead atoms. The molecular weight excluding hydrogens is 154 g/mol. The first kappa shape index (κ1) is 8.74. The van der Waals surface area contributed by atoms with Gasteiger partial charge >= 0.3 is 0 Å². The number of aliphatic hydroxyl groups excluding tert-OH is 1. The third-order valence-corrected chi connectivity index (χ3v) is 1.59. The predicted molar refractivity (Wildman–Crippen MR) is 46.7 cm³/mol. The fraction of sp³-hybridized carbons (Fsp3) is 0.222. The number of anilines is 1. The van der Waals surface area contributed by atoms with Crippen molar-refractivity contribution < 1.29 is 9.90 Å². The molecule has 0 saturated carbocycles. The average molecular weight is 165 g/mol. The molecule has 1 aromatic carbocycles. The van der Waals surface area contributed by atoms with E-state index >= 15 is 0 Å². The second-order valence-electron chi connectivity index (χ2n) is 2.42. The standard InChI is InChI=1S/C9H11NO2/c1-8(12)10(7-11)9-5-3-2-4-6-9/h2-6,11H,7H2,1H3. The molecule has 0 aromatic heterocycles. The summed E-state index contributed by atoms with van der Waals surface area (Å²) in [6, 6.07) is 9.05. The van der Waals surface area contributed by atoms with Crippen molar-refractivity contribution in [2.24, 2.45) is 0 Å². The highest BCUT2D eigenvalue weighted by Gasteiger charge is 2.07. The first-order valence-corrected chi connectivity index (χ1v) is 3.69. The lowest BCUT2D eigenvalue weighted by molar-refractivity contribution is -0.117. The maximum atomic E-state index is 10.9. The summed E-state index contributed by atoms with van der Waals surface area (Å²) in [4.78, 5) is 12.2. The molecule has 1 amide bonds. The monoisotopic (exact) mass is 165 g/mol. The van der Waals surface area contributed by atoms with Crippen molar-refractivity contribution in [1.82, 2.24) is 0 Å². The Labute approximate surface area is 71.2 Å². The van der Waals surface area contributed by atoms with Crippen LogP contribution in [0.3, 0.4) is 0 Å². The SMILES string of the molecule is CC(=O)N(CO)c1ccccc1. The van der Waals surface area contributed by atoms with E-state index in [4.69, 9.17) is 5.11 Å². The summed E-state index contributed by atoms with van der Waals surface area (Å²) >= 11 is 0. The number of para-hydroxylation sites is 1. The van der Waals surface area contributed by atoms with Crippen LogP contribution in [0, 0.1) is 0 Å². The number of amides is 1. The molecule has 1 rings (SSSR count). The van der Waals surface area contributed by atoms with Crippen LogP contribution < -0.4 is 4.90 Å². The fourth-order valence-corrected chi connectivity index (χ4v) is 0.971. The number of hydrogen-bond acceptors (Lipinski definition) is 2. The van der Waals surface area contributed by atoms with Gasteiger partial charge in [0.1, 0.15) is 6.73 Å². The van der Waals surface area contributed by atoms with Crippen molar-refractivity contribution in [2.45, 2.75) is 6.92 Å². The average Bonchev–Trinajstić information content (AvgIpc) is 2.07. The highest BCUT2D eigenvalue weighted by atomic mass is 16.3. The molecule has 0 unspecified atom stereocenters. The minimum atomic E-state index is -0.278. The molecule has 1 N–H and O–H groups in total. The zero-order chi connectivity index (χ0) is 8.97. The number of carbonyl (C=O) groups excluding carboxylic acids is 1. The van der Waals surface area contributed by atoms with Gasteiger partial charge in [-0.15, -0.1) is 0 Å². The Balaban J connectivity index is 2.88. The smallest absolute Gasteiger partial charge is 0.225 e. The van der Waals surface area contributed by atoms with Crippen LogP contribution >= 0.6 is 0 Å². The molecular formula is C9H11NO2. The Bertz CT molecular complexity index is 258. The molecule has 0 atom stereocenters. The van der Waals surface area contributed by atoms with Gasteiger partial charge < -0.3 is 5.11 Å². The van der Waals surface area contributed by atoms with E-state index in [2.05, 4.69) is 0 Å². The number of nitrogens with zero attached hydrogens (tertiary/aromatic N) is 1. The number of aliphatic hydroxyl groups is 1. The molecule has 12 heavy (non-hydrogen) atoms. The van der Waals surface area contributed by atoms with Crippen LogP contribution in [0.4, 0.5) is 5.69 Å². The van der Waals surface area contributed by atoms with Gasteiger partial charge in [0, 0.05) is 12.6 Å². The molecule has 0 heterocycles. The summed E-state index contributed by atoms with van der Waals surface area (Å²) in [5, 5.41) is 8.85. The zero-order valence-corrected chi connectivity index (χ0v) is 6.90. The minimum Gasteiger partial charge on any atom is -0.376 e. The van der Waals surface area contributed by atoms with Crippen molar-refractivity contribution in [1.29, 1.82) is 0 Å². The zero-order valence-electron chi connectivity index (χ0n) is 6.90. The van der Waals surface area contributed by atoms with Gasteiger partial charge in [0.05, 0.1) is 0 Å². The van der Waals surface area contributed by atoms with Gasteiger partial charge in [-0.05, 0) is 12.1 Å². The van der Waals surface area contributed by atoms with Crippen LogP contribution in [0.15, 0.2) is 30.3 Å². The summed E-state index contributed by atoms with van der Waals surface area (Å²) in [6.45, 7) is 1.14. The Hall–Kier alpha value is -1.35. The lowest BCUT2D eigenvalue weighted by Gasteiger charge is -2.17. The molecule has 3 nitrogen and oxygen atoms in total. The molecule has 1 aromatic rings. The van der Waals surface area contributed by atoms with Gasteiger partial charge in [0.2, 0.25) is 5.91 Å². The minimum absolute atomic E-state index is 0.163.